The second-order valence-corrected chi connectivity index (χ2v) is 3.82. The number of aromatic amines is 1. The summed E-state index contributed by atoms with van der Waals surface area (Å²) in [5.74, 6) is 0. The quantitative estimate of drug-likeness (QED) is 0.749. The third-order valence-corrected chi connectivity index (χ3v) is 2.66. The number of H-pyrrole nitrogens is 1. The minimum Gasteiger partial charge on any atom is -0.268 e. The van der Waals surface area contributed by atoms with E-state index in [1.807, 2.05) is 18.4 Å². The van der Waals surface area contributed by atoms with Crippen molar-refractivity contribution in [3.05, 3.63) is 38.8 Å². The SMILES string of the molecule is Cc1sccc1-c1ccc(=O)[nH]n1. The molecule has 0 aliphatic heterocycles. The summed E-state index contributed by atoms with van der Waals surface area (Å²) in [7, 11) is 0. The highest BCUT2D eigenvalue weighted by Crippen LogP contribution is 2.24. The number of nitrogens with one attached hydrogen (secondary N) is 1. The van der Waals surface area contributed by atoms with Crippen molar-refractivity contribution in [1.29, 1.82) is 0 Å². The molecule has 0 bridgehead atoms. The molecule has 0 aromatic carbocycles. The van der Waals surface area contributed by atoms with Gasteiger partial charge in [-0.3, -0.25) is 4.79 Å². The largest absolute Gasteiger partial charge is 0.268 e. The molecule has 0 spiro atoms. The minimum absolute atomic E-state index is 0.170. The van der Waals surface area contributed by atoms with Gasteiger partial charge in [0, 0.05) is 16.5 Å². The van der Waals surface area contributed by atoms with Crippen LogP contribution in [-0.2, 0) is 0 Å². The van der Waals surface area contributed by atoms with Crippen LogP contribution in [0.3, 0.4) is 0 Å². The van der Waals surface area contributed by atoms with Crippen LogP contribution >= 0.6 is 11.3 Å². The van der Waals surface area contributed by atoms with Gasteiger partial charge in [0.2, 0.25) is 0 Å². The summed E-state index contributed by atoms with van der Waals surface area (Å²) in [5.41, 5.74) is 1.73. The van der Waals surface area contributed by atoms with Crippen molar-refractivity contribution in [3.8, 4) is 11.3 Å². The lowest BCUT2D eigenvalue weighted by Crippen LogP contribution is -2.05. The first-order valence-electron chi connectivity index (χ1n) is 3.87. The Balaban J connectivity index is 2.53. The topological polar surface area (TPSA) is 45.8 Å². The molecule has 1 N–H and O–H groups in total. The maximum atomic E-state index is 10.8. The van der Waals surface area contributed by atoms with Crippen LogP contribution in [0.1, 0.15) is 4.88 Å². The predicted molar refractivity (Wildman–Crippen MR) is 52.9 cm³/mol. The molecule has 0 amide bonds. The summed E-state index contributed by atoms with van der Waals surface area (Å²) in [6.07, 6.45) is 0. The molecule has 4 heteroatoms. The summed E-state index contributed by atoms with van der Waals surface area (Å²) in [6.45, 7) is 2.03. The van der Waals surface area contributed by atoms with Gasteiger partial charge in [0.25, 0.3) is 5.56 Å². The van der Waals surface area contributed by atoms with E-state index in [2.05, 4.69) is 10.2 Å². The molecule has 0 aliphatic rings. The van der Waals surface area contributed by atoms with E-state index in [9.17, 15) is 4.79 Å². The second kappa shape index (κ2) is 3.14. The van der Waals surface area contributed by atoms with Crippen LogP contribution in [-0.4, -0.2) is 10.2 Å². The Kier molecular flexibility index (Phi) is 1.98. The van der Waals surface area contributed by atoms with Gasteiger partial charge in [0.1, 0.15) is 0 Å². The first-order chi connectivity index (χ1) is 6.27. The van der Waals surface area contributed by atoms with Gasteiger partial charge in [0.05, 0.1) is 5.69 Å². The first kappa shape index (κ1) is 8.19. The summed E-state index contributed by atoms with van der Waals surface area (Å²) in [6, 6.07) is 5.22. The molecular formula is C9H8N2OS. The highest BCUT2D eigenvalue weighted by Gasteiger charge is 2.03. The molecule has 2 aromatic rings. The number of hydrogen-bond donors (Lipinski definition) is 1. The van der Waals surface area contributed by atoms with E-state index in [-0.39, 0.29) is 5.56 Å². The molecule has 66 valence electrons. The number of rotatable bonds is 1. The van der Waals surface area contributed by atoms with Crippen molar-refractivity contribution < 1.29 is 0 Å². The summed E-state index contributed by atoms with van der Waals surface area (Å²) in [4.78, 5) is 12.0. The van der Waals surface area contributed by atoms with Gasteiger partial charge >= 0.3 is 0 Å². The van der Waals surface area contributed by atoms with Gasteiger partial charge in [-0.25, -0.2) is 5.10 Å². The summed E-state index contributed by atoms with van der Waals surface area (Å²) in [5, 5.41) is 8.38. The highest BCUT2D eigenvalue weighted by atomic mass is 32.1. The van der Waals surface area contributed by atoms with Crippen LogP contribution in [0.4, 0.5) is 0 Å². The number of aromatic nitrogens is 2. The number of hydrogen-bond acceptors (Lipinski definition) is 3. The highest BCUT2D eigenvalue weighted by molar-refractivity contribution is 7.10. The van der Waals surface area contributed by atoms with Crippen LogP contribution in [0, 0.1) is 6.92 Å². The molecule has 0 radical (unpaired) electrons. The van der Waals surface area contributed by atoms with Crippen molar-refractivity contribution in [2.45, 2.75) is 6.92 Å². The van der Waals surface area contributed by atoms with Crippen molar-refractivity contribution >= 4 is 11.3 Å². The normalized spacial score (nSPS) is 10.2. The molecule has 2 aromatic heterocycles. The number of aryl methyl sites for hydroxylation is 1. The summed E-state index contributed by atoms with van der Waals surface area (Å²) >= 11 is 1.67. The first-order valence-corrected chi connectivity index (χ1v) is 4.75. The van der Waals surface area contributed by atoms with Crippen LogP contribution in [0.15, 0.2) is 28.4 Å². The molecule has 0 saturated carbocycles. The lowest BCUT2D eigenvalue weighted by Gasteiger charge is -1.96. The molecule has 2 rings (SSSR count). The predicted octanol–water partition coefficient (Wildman–Crippen LogP) is 1.81. The van der Waals surface area contributed by atoms with Crippen LogP contribution in [0.2, 0.25) is 0 Å². The van der Waals surface area contributed by atoms with Gasteiger partial charge < -0.3 is 0 Å². The number of nitrogens with zero attached hydrogens (tertiary/aromatic N) is 1. The van der Waals surface area contributed by atoms with Crippen molar-refractivity contribution in [1.82, 2.24) is 10.2 Å². The van der Waals surface area contributed by atoms with Gasteiger partial charge in [-0.1, -0.05) is 0 Å². The average Bonchev–Trinajstić information content (AvgIpc) is 2.53. The van der Waals surface area contributed by atoms with E-state index < -0.39 is 0 Å². The zero-order valence-electron chi connectivity index (χ0n) is 7.07. The van der Waals surface area contributed by atoms with E-state index in [4.69, 9.17) is 0 Å². The van der Waals surface area contributed by atoms with E-state index in [1.54, 1.807) is 17.4 Å². The molecule has 0 saturated heterocycles. The Morgan fingerprint density at radius 3 is 2.77 bits per heavy atom. The standard InChI is InChI=1S/C9H8N2OS/c1-6-7(4-5-13-6)8-2-3-9(12)11-10-8/h2-5H,1H3,(H,11,12). The van der Waals surface area contributed by atoms with Crippen LogP contribution in [0.25, 0.3) is 11.3 Å². The van der Waals surface area contributed by atoms with Gasteiger partial charge in [0.15, 0.2) is 0 Å². The molecule has 0 aliphatic carbocycles. The fourth-order valence-corrected chi connectivity index (χ4v) is 1.85. The van der Waals surface area contributed by atoms with Crippen LogP contribution in [0.5, 0.6) is 0 Å². The average molecular weight is 192 g/mol. The molecule has 0 unspecified atom stereocenters. The van der Waals surface area contributed by atoms with Gasteiger partial charge in [-0.2, -0.15) is 5.10 Å². The molecule has 3 nitrogen and oxygen atoms in total. The fraction of sp³-hybridized carbons (Fsp3) is 0.111. The molecular weight excluding hydrogens is 184 g/mol. The number of thiophene rings is 1. The lowest BCUT2D eigenvalue weighted by atomic mass is 10.2. The van der Waals surface area contributed by atoms with E-state index in [0.717, 1.165) is 11.3 Å². The minimum atomic E-state index is -0.170. The van der Waals surface area contributed by atoms with Gasteiger partial charge in [-0.15, -0.1) is 11.3 Å². The van der Waals surface area contributed by atoms with Crippen LogP contribution < -0.4 is 5.56 Å². The zero-order chi connectivity index (χ0) is 9.26. The Labute approximate surface area is 79.1 Å². The van der Waals surface area contributed by atoms with Crippen molar-refractivity contribution in [3.63, 3.8) is 0 Å². The molecule has 13 heavy (non-hydrogen) atoms. The van der Waals surface area contributed by atoms with Gasteiger partial charge in [-0.05, 0) is 24.4 Å². The van der Waals surface area contributed by atoms with E-state index in [0.29, 0.717) is 0 Å². The Morgan fingerprint density at radius 1 is 1.38 bits per heavy atom. The maximum absolute atomic E-state index is 10.8. The Bertz CT molecular complexity index is 452. The van der Waals surface area contributed by atoms with E-state index >= 15 is 0 Å². The maximum Gasteiger partial charge on any atom is 0.264 e. The third-order valence-electron chi connectivity index (χ3n) is 1.81. The Morgan fingerprint density at radius 2 is 2.23 bits per heavy atom. The zero-order valence-corrected chi connectivity index (χ0v) is 7.89. The molecule has 0 fully saturated rings. The molecule has 0 atom stereocenters. The smallest absolute Gasteiger partial charge is 0.264 e. The molecule has 2 heterocycles. The Hall–Kier alpha value is -1.42. The van der Waals surface area contributed by atoms with Crippen molar-refractivity contribution in [2.75, 3.05) is 0 Å². The third kappa shape index (κ3) is 1.53. The monoisotopic (exact) mass is 192 g/mol. The van der Waals surface area contributed by atoms with E-state index in [1.165, 1.54) is 10.9 Å². The second-order valence-electron chi connectivity index (χ2n) is 2.70. The van der Waals surface area contributed by atoms with Crippen molar-refractivity contribution in [2.24, 2.45) is 0 Å². The lowest BCUT2D eigenvalue weighted by molar-refractivity contribution is 0.995. The fourth-order valence-electron chi connectivity index (χ4n) is 1.15. The summed E-state index contributed by atoms with van der Waals surface area (Å²) < 4.78 is 0.